The van der Waals surface area contributed by atoms with Crippen LogP contribution in [0.5, 0.6) is 0 Å². The van der Waals surface area contributed by atoms with E-state index in [0.29, 0.717) is 5.92 Å². The average Bonchev–Trinajstić information content (AvgIpc) is 2.36. The minimum atomic E-state index is -0.0994. The van der Waals surface area contributed by atoms with Crippen molar-refractivity contribution in [1.29, 1.82) is 0 Å². The van der Waals surface area contributed by atoms with Gasteiger partial charge < -0.3 is 9.84 Å². The number of hydrogen-bond acceptors (Lipinski definition) is 3. The Morgan fingerprint density at radius 2 is 2.17 bits per heavy atom. The normalized spacial score (nSPS) is 24.2. The highest BCUT2D eigenvalue weighted by Crippen LogP contribution is 2.33. The van der Waals surface area contributed by atoms with Crippen molar-refractivity contribution < 1.29 is 14.6 Å². The molecule has 0 radical (unpaired) electrons. The molecule has 0 aromatic rings. The van der Waals surface area contributed by atoms with Gasteiger partial charge in [-0.15, -0.1) is 0 Å². The second kappa shape index (κ2) is 8.52. The minimum Gasteiger partial charge on any atom is -0.463 e. The second-order valence-electron chi connectivity index (χ2n) is 5.95. The summed E-state index contributed by atoms with van der Waals surface area (Å²) in [6.07, 6.45) is 8.18. The topological polar surface area (TPSA) is 46.5 Å². The largest absolute Gasteiger partial charge is 0.463 e. The summed E-state index contributed by atoms with van der Waals surface area (Å²) in [6.45, 7) is 4.59. The van der Waals surface area contributed by atoms with Crippen LogP contribution < -0.4 is 0 Å². The number of ether oxygens (including phenoxy) is 1. The van der Waals surface area contributed by atoms with Crippen molar-refractivity contribution in [3.63, 3.8) is 0 Å². The van der Waals surface area contributed by atoms with Crippen molar-refractivity contribution in [2.24, 2.45) is 17.8 Å². The molecule has 0 heterocycles. The van der Waals surface area contributed by atoms with Gasteiger partial charge in [-0.1, -0.05) is 46.0 Å². The highest BCUT2D eigenvalue weighted by atomic mass is 16.5. The molecule has 18 heavy (non-hydrogen) atoms. The maximum Gasteiger partial charge on any atom is 0.309 e. The van der Waals surface area contributed by atoms with Crippen LogP contribution in [0.4, 0.5) is 0 Å². The molecule has 1 fully saturated rings. The zero-order valence-electron chi connectivity index (χ0n) is 11.9. The molecule has 1 N–H and O–H groups in total. The molecule has 0 saturated heterocycles. The molecular weight excluding hydrogens is 228 g/mol. The lowest BCUT2D eigenvalue weighted by Gasteiger charge is -2.28. The van der Waals surface area contributed by atoms with Gasteiger partial charge in [0.2, 0.25) is 0 Å². The maximum absolute atomic E-state index is 11.8. The third-order valence-corrected chi connectivity index (χ3v) is 3.85. The lowest BCUT2D eigenvalue weighted by molar-refractivity contribution is -0.151. The Kier molecular flexibility index (Phi) is 7.33. The molecule has 0 amide bonds. The number of aliphatic hydroxyl groups is 1. The van der Waals surface area contributed by atoms with Gasteiger partial charge in [0.15, 0.2) is 0 Å². The molecule has 0 bridgehead atoms. The lowest BCUT2D eigenvalue weighted by Crippen LogP contribution is -2.25. The molecule has 0 aromatic carbocycles. The van der Waals surface area contributed by atoms with Crippen molar-refractivity contribution in [2.75, 3.05) is 13.2 Å². The van der Waals surface area contributed by atoms with Gasteiger partial charge in [0.1, 0.15) is 6.61 Å². The second-order valence-corrected chi connectivity index (χ2v) is 5.95. The summed E-state index contributed by atoms with van der Waals surface area (Å²) in [5.74, 6) is 1.45. The summed E-state index contributed by atoms with van der Waals surface area (Å²) in [4.78, 5) is 11.8. The van der Waals surface area contributed by atoms with Crippen LogP contribution in [0.3, 0.4) is 0 Å². The van der Waals surface area contributed by atoms with Crippen molar-refractivity contribution in [3.05, 3.63) is 0 Å². The maximum atomic E-state index is 11.8. The van der Waals surface area contributed by atoms with E-state index in [1.807, 2.05) is 0 Å². The standard InChI is InChI=1S/C15H28O3/c1-12(2)5-3-6-13-7-4-8-14(11-13)15(17)18-10-9-16/h12-14,16H,3-11H2,1-2H3. The van der Waals surface area contributed by atoms with E-state index < -0.39 is 0 Å². The van der Waals surface area contributed by atoms with E-state index in [2.05, 4.69) is 13.8 Å². The van der Waals surface area contributed by atoms with E-state index in [-0.39, 0.29) is 25.1 Å². The predicted molar refractivity (Wildman–Crippen MR) is 72.2 cm³/mol. The van der Waals surface area contributed by atoms with Crippen LogP contribution in [0.1, 0.15) is 58.8 Å². The molecule has 1 aliphatic rings. The van der Waals surface area contributed by atoms with Crippen molar-refractivity contribution in [1.82, 2.24) is 0 Å². The van der Waals surface area contributed by atoms with E-state index in [1.165, 1.54) is 25.7 Å². The molecule has 0 spiro atoms. The summed E-state index contributed by atoms with van der Waals surface area (Å²) >= 11 is 0. The minimum absolute atomic E-state index is 0.0731. The molecule has 106 valence electrons. The van der Waals surface area contributed by atoms with E-state index in [4.69, 9.17) is 9.84 Å². The van der Waals surface area contributed by atoms with Crippen LogP contribution in [0, 0.1) is 17.8 Å². The first kappa shape index (κ1) is 15.5. The first-order valence-corrected chi connectivity index (χ1v) is 7.41. The summed E-state index contributed by atoms with van der Waals surface area (Å²) in [6, 6.07) is 0. The smallest absolute Gasteiger partial charge is 0.309 e. The molecule has 1 rings (SSSR count). The average molecular weight is 256 g/mol. The van der Waals surface area contributed by atoms with Gasteiger partial charge >= 0.3 is 5.97 Å². The molecule has 2 unspecified atom stereocenters. The fraction of sp³-hybridized carbons (Fsp3) is 0.933. The monoisotopic (exact) mass is 256 g/mol. The van der Waals surface area contributed by atoms with Gasteiger partial charge in [-0.3, -0.25) is 4.79 Å². The van der Waals surface area contributed by atoms with Gasteiger partial charge in [0, 0.05) is 0 Å². The highest BCUT2D eigenvalue weighted by Gasteiger charge is 2.27. The Morgan fingerprint density at radius 1 is 1.39 bits per heavy atom. The Balaban J connectivity index is 2.25. The Hall–Kier alpha value is -0.570. The van der Waals surface area contributed by atoms with Crippen LogP contribution in [-0.4, -0.2) is 24.3 Å². The number of carbonyl (C=O) groups excluding carboxylic acids is 1. The van der Waals surface area contributed by atoms with Gasteiger partial charge in [-0.25, -0.2) is 0 Å². The van der Waals surface area contributed by atoms with Crippen molar-refractivity contribution >= 4 is 5.97 Å². The molecule has 0 aliphatic heterocycles. The van der Waals surface area contributed by atoms with E-state index in [0.717, 1.165) is 25.2 Å². The number of esters is 1. The summed E-state index contributed by atoms with van der Waals surface area (Å²) in [5.41, 5.74) is 0. The zero-order valence-corrected chi connectivity index (χ0v) is 11.9. The molecule has 3 nitrogen and oxygen atoms in total. The number of hydrogen-bond donors (Lipinski definition) is 1. The van der Waals surface area contributed by atoms with Crippen molar-refractivity contribution in [3.8, 4) is 0 Å². The fourth-order valence-corrected chi connectivity index (χ4v) is 2.85. The highest BCUT2D eigenvalue weighted by molar-refractivity contribution is 5.72. The number of rotatable bonds is 7. The quantitative estimate of drug-likeness (QED) is 0.712. The first-order chi connectivity index (χ1) is 8.63. The molecule has 1 saturated carbocycles. The summed E-state index contributed by atoms with van der Waals surface area (Å²) < 4.78 is 5.03. The molecular formula is C15H28O3. The number of aliphatic hydroxyl groups excluding tert-OH is 1. The van der Waals surface area contributed by atoms with Crippen LogP contribution >= 0.6 is 0 Å². The van der Waals surface area contributed by atoms with E-state index in [9.17, 15) is 4.79 Å². The van der Waals surface area contributed by atoms with Gasteiger partial charge in [0.25, 0.3) is 0 Å². The third kappa shape index (κ3) is 5.85. The Bertz CT molecular complexity index is 238. The predicted octanol–water partition coefficient (Wildman–Crippen LogP) is 3.15. The van der Waals surface area contributed by atoms with Crippen LogP contribution in [0.25, 0.3) is 0 Å². The SMILES string of the molecule is CC(C)CCCC1CCCC(C(=O)OCCO)C1. The first-order valence-electron chi connectivity index (χ1n) is 7.41. The summed E-state index contributed by atoms with van der Waals surface area (Å²) in [7, 11) is 0. The van der Waals surface area contributed by atoms with Gasteiger partial charge in [-0.05, 0) is 24.7 Å². The number of carbonyl (C=O) groups is 1. The summed E-state index contributed by atoms with van der Waals surface area (Å²) in [5, 5.41) is 8.66. The third-order valence-electron chi connectivity index (χ3n) is 3.85. The zero-order chi connectivity index (χ0) is 13.4. The Labute approximate surface area is 111 Å². The van der Waals surface area contributed by atoms with Crippen LogP contribution in [0.2, 0.25) is 0 Å². The van der Waals surface area contributed by atoms with E-state index >= 15 is 0 Å². The fourth-order valence-electron chi connectivity index (χ4n) is 2.85. The van der Waals surface area contributed by atoms with Crippen LogP contribution in [-0.2, 0) is 9.53 Å². The molecule has 0 aromatic heterocycles. The van der Waals surface area contributed by atoms with Gasteiger partial charge in [-0.2, -0.15) is 0 Å². The molecule has 2 atom stereocenters. The van der Waals surface area contributed by atoms with Crippen LogP contribution in [0.15, 0.2) is 0 Å². The lowest BCUT2D eigenvalue weighted by atomic mass is 9.79. The Morgan fingerprint density at radius 3 is 2.83 bits per heavy atom. The van der Waals surface area contributed by atoms with E-state index in [1.54, 1.807) is 0 Å². The molecule has 1 aliphatic carbocycles. The van der Waals surface area contributed by atoms with Crippen molar-refractivity contribution in [2.45, 2.75) is 58.8 Å². The molecule has 3 heteroatoms. The van der Waals surface area contributed by atoms with Gasteiger partial charge in [0.05, 0.1) is 12.5 Å².